The molecule has 0 saturated carbocycles. The molecule has 0 aliphatic carbocycles. The molecule has 2 aliphatic rings. The van der Waals surface area contributed by atoms with Crippen LogP contribution in [0, 0.1) is 15.9 Å². The maximum atomic E-state index is 14.2. The van der Waals surface area contributed by atoms with Crippen molar-refractivity contribution in [3.63, 3.8) is 0 Å². The number of hydrogen-bond donors (Lipinski definition) is 0. The van der Waals surface area contributed by atoms with E-state index in [9.17, 15) is 22.9 Å². The Morgan fingerprint density at radius 3 is 2.29 bits per heavy atom. The third kappa shape index (κ3) is 4.36. The molecule has 11 heteroatoms. The molecule has 5 rings (SSSR count). The molecule has 9 nitrogen and oxygen atoms in total. The van der Waals surface area contributed by atoms with Crippen LogP contribution in [0.5, 0.6) is 0 Å². The van der Waals surface area contributed by atoms with Crippen LogP contribution in [0.1, 0.15) is 12.8 Å². The minimum Gasteiger partial charge on any atom is -0.371 e. The van der Waals surface area contributed by atoms with Crippen molar-refractivity contribution in [3.05, 3.63) is 64.5 Å². The number of rotatable bonds is 5. The molecule has 2 saturated heterocycles. The Hall–Kier alpha value is -3.44. The van der Waals surface area contributed by atoms with Crippen LogP contribution in [0.3, 0.4) is 0 Å². The van der Waals surface area contributed by atoms with Crippen LogP contribution in [0.4, 0.5) is 16.0 Å². The molecule has 1 aromatic heterocycles. The van der Waals surface area contributed by atoms with E-state index < -0.39 is 20.6 Å². The topological polar surface area (TPSA) is 116 Å². The number of ether oxygens (including phenoxy) is 1. The molecule has 2 aliphatic heterocycles. The lowest BCUT2D eigenvalue weighted by atomic mass is 10.1. The number of benzene rings is 2. The number of nitro benzene ring substituents is 1. The predicted octanol–water partition coefficient (Wildman–Crippen LogP) is 3.63. The molecule has 2 bridgehead atoms. The highest BCUT2D eigenvalue weighted by Crippen LogP contribution is 2.34. The SMILES string of the molecule is CS(=O)(=O)c1ccc(F)cc1-c1cc(-c2ccc([N+](=O)[O-])cc2)nc(N2CC3CCC(C2)O3)n1. The van der Waals surface area contributed by atoms with E-state index in [1.165, 1.54) is 18.2 Å². The molecule has 34 heavy (non-hydrogen) atoms. The second-order valence-electron chi connectivity index (χ2n) is 8.52. The standard InChI is InChI=1S/C23H21FN4O5S/c1-34(31,32)22-9-4-15(24)10-19(22)21-11-20(14-2-5-16(6-3-14)28(29)30)25-23(26-21)27-12-17-7-8-18(13-27)33-17/h2-6,9-11,17-18H,7-8,12-13H2,1H3. The molecule has 3 heterocycles. The summed E-state index contributed by atoms with van der Waals surface area (Å²) in [5.74, 6) is -0.223. The highest BCUT2D eigenvalue weighted by Gasteiger charge is 2.35. The van der Waals surface area contributed by atoms with Crippen molar-refractivity contribution < 1.29 is 22.5 Å². The Morgan fingerprint density at radius 2 is 1.68 bits per heavy atom. The fraction of sp³-hybridized carbons (Fsp3) is 0.304. The molecule has 2 fully saturated rings. The number of hydrogen-bond acceptors (Lipinski definition) is 8. The first-order valence-electron chi connectivity index (χ1n) is 10.7. The van der Waals surface area contributed by atoms with E-state index in [2.05, 4.69) is 9.97 Å². The molecule has 2 atom stereocenters. The largest absolute Gasteiger partial charge is 0.371 e. The molecule has 0 radical (unpaired) electrons. The highest BCUT2D eigenvalue weighted by molar-refractivity contribution is 7.90. The van der Waals surface area contributed by atoms with Gasteiger partial charge >= 0.3 is 0 Å². The van der Waals surface area contributed by atoms with Crippen LogP contribution in [0.15, 0.2) is 53.4 Å². The first-order chi connectivity index (χ1) is 16.2. The summed E-state index contributed by atoms with van der Waals surface area (Å²) in [6.07, 6.45) is 3.07. The number of nitro groups is 1. The third-order valence-corrected chi connectivity index (χ3v) is 7.19. The quantitative estimate of drug-likeness (QED) is 0.306. The first-order valence-corrected chi connectivity index (χ1v) is 12.6. The van der Waals surface area contributed by atoms with E-state index in [1.807, 2.05) is 4.90 Å². The van der Waals surface area contributed by atoms with Gasteiger partial charge in [0.05, 0.1) is 33.4 Å². The zero-order chi connectivity index (χ0) is 24.0. The second kappa shape index (κ2) is 8.41. The van der Waals surface area contributed by atoms with Crippen LogP contribution in [0.25, 0.3) is 22.5 Å². The Labute approximate surface area is 195 Å². The van der Waals surface area contributed by atoms with Crippen LogP contribution in [-0.2, 0) is 14.6 Å². The van der Waals surface area contributed by atoms with Crippen molar-refractivity contribution in [3.8, 4) is 22.5 Å². The van der Waals surface area contributed by atoms with Gasteiger partial charge in [-0.2, -0.15) is 0 Å². The van der Waals surface area contributed by atoms with Crippen molar-refractivity contribution in [2.75, 3.05) is 24.2 Å². The van der Waals surface area contributed by atoms with E-state index in [4.69, 9.17) is 4.74 Å². The Morgan fingerprint density at radius 1 is 1.03 bits per heavy atom. The van der Waals surface area contributed by atoms with E-state index in [0.717, 1.165) is 31.2 Å². The van der Waals surface area contributed by atoms with Crippen LogP contribution in [-0.4, -0.2) is 54.9 Å². The lowest BCUT2D eigenvalue weighted by molar-refractivity contribution is -0.384. The summed E-state index contributed by atoms with van der Waals surface area (Å²) in [4.78, 5) is 21.8. The normalized spacial score (nSPS) is 19.9. The summed E-state index contributed by atoms with van der Waals surface area (Å²) in [6.45, 7) is 1.17. The number of halogens is 1. The number of anilines is 1. The van der Waals surface area contributed by atoms with Gasteiger partial charge in [0.25, 0.3) is 5.69 Å². The van der Waals surface area contributed by atoms with E-state index in [-0.39, 0.29) is 34.0 Å². The summed E-state index contributed by atoms with van der Waals surface area (Å²) in [7, 11) is -3.67. The highest BCUT2D eigenvalue weighted by atomic mass is 32.2. The summed E-state index contributed by atoms with van der Waals surface area (Å²) in [5.41, 5.74) is 1.34. The van der Waals surface area contributed by atoms with Gasteiger partial charge in [0.15, 0.2) is 9.84 Å². The number of aromatic nitrogens is 2. The predicted molar refractivity (Wildman–Crippen MR) is 123 cm³/mol. The summed E-state index contributed by atoms with van der Waals surface area (Å²) < 4.78 is 44.9. The van der Waals surface area contributed by atoms with Gasteiger partial charge < -0.3 is 9.64 Å². The molecule has 2 aromatic carbocycles. The number of non-ortho nitro benzene ring substituents is 1. The summed E-state index contributed by atoms with van der Waals surface area (Å²) in [6, 6.07) is 10.9. The van der Waals surface area contributed by atoms with Gasteiger partial charge in [-0.3, -0.25) is 10.1 Å². The van der Waals surface area contributed by atoms with Gasteiger partial charge in [-0.15, -0.1) is 0 Å². The molecule has 0 N–H and O–H groups in total. The minimum atomic E-state index is -3.67. The van der Waals surface area contributed by atoms with Crippen molar-refractivity contribution in [2.24, 2.45) is 0 Å². The van der Waals surface area contributed by atoms with Crippen molar-refractivity contribution in [2.45, 2.75) is 29.9 Å². The zero-order valence-corrected chi connectivity index (χ0v) is 19.0. The van der Waals surface area contributed by atoms with E-state index >= 15 is 0 Å². The van der Waals surface area contributed by atoms with Crippen LogP contribution >= 0.6 is 0 Å². The van der Waals surface area contributed by atoms with Gasteiger partial charge in [0.2, 0.25) is 5.95 Å². The maximum absolute atomic E-state index is 14.2. The summed E-state index contributed by atoms with van der Waals surface area (Å²) >= 11 is 0. The molecule has 176 valence electrons. The molecule has 0 spiro atoms. The molecule has 2 unspecified atom stereocenters. The average Bonchev–Trinajstić information content (AvgIpc) is 3.15. The lowest BCUT2D eigenvalue weighted by Crippen LogP contribution is -2.43. The lowest BCUT2D eigenvalue weighted by Gasteiger charge is -2.32. The molecular weight excluding hydrogens is 463 g/mol. The minimum absolute atomic E-state index is 0.0461. The third-order valence-electron chi connectivity index (χ3n) is 6.03. The van der Waals surface area contributed by atoms with Crippen LogP contribution in [0.2, 0.25) is 0 Å². The Kier molecular flexibility index (Phi) is 5.53. The number of sulfone groups is 1. The average molecular weight is 485 g/mol. The fourth-order valence-electron chi connectivity index (χ4n) is 4.42. The Balaban J connectivity index is 1.67. The van der Waals surface area contributed by atoms with Gasteiger partial charge in [0.1, 0.15) is 5.82 Å². The monoisotopic (exact) mass is 484 g/mol. The summed E-state index contributed by atoms with van der Waals surface area (Å²) in [5, 5.41) is 11.0. The number of morpholine rings is 1. The second-order valence-corrected chi connectivity index (χ2v) is 10.5. The van der Waals surface area contributed by atoms with E-state index in [1.54, 1.807) is 18.2 Å². The zero-order valence-electron chi connectivity index (χ0n) is 18.2. The van der Waals surface area contributed by atoms with Gasteiger partial charge in [-0.05, 0) is 49.2 Å². The van der Waals surface area contributed by atoms with Crippen molar-refractivity contribution >= 4 is 21.5 Å². The first kappa shape index (κ1) is 22.4. The van der Waals surface area contributed by atoms with Crippen molar-refractivity contribution in [1.29, 1.82) is 0 Å². The van der Waals surface area contributed by atoms with Gasteiger partial charge in [0, 0.05) is 42.6 Å². The Bertz CT molecular complexity index is 1370. The fourth-order valence-corrected chi connectivity index (χ4v) is 5.30. The maximum Gasteiger partial charge on any atom is 0.269 e. The molecule has 3 aromatic rings. The molecule has 0 amide bonds. The smallest absolute Gasteiger partial charge is 0.269 e. The van der Waals surface area contributed by atoms with Gasteiger partial charge in [-0.1, -0.05) is 0 Å². The van der Waals surface area contributed by atoms with Crippen molar-refractivity contribution in [1.82, 2.24) is 9.97 Å². The van der Waals surface area contributed by atoms with Crippen LogP contribution < -0.4 is 4.90 Å². The molecular formula is C23H21FN4O5S. The number of fused-ring (bicyclic) bond motifs is 2. The van der Waals surface area contributed by atoms with Gasteiger partial charge in [-0.25, -0.2) is 22.8 Å². The number of nitrogens with zero attached hydrogens (tertiary/aromatic N) is 4. The van der Waals surface area contributed by atoms with E-state index in [0.29, 0.717) is 30.3 Å².